The van der Waals surface area contributed by atoms with Crippen molar-refractivity contribution in [3.63, 3.8) is 0 Å². The molecule has 1 aromatic rings. The Kier molecular flexibility index (Phi) is 3.39. The van der Waals surface area contributed by atoms with E-state index in [2.05, 4.69) is 14.9 Å². The Labute approximate surface area is 74.8 Å². The highest BCUT2D eigenvalue weighted by molar-refractivity contribution is 5.83. The van der Waals surface area contributed by atoms with Crippen molar-refractivity contribution < 1.29 is 18.7 Å². The summed E-state index contributed by atoms with van der Waals surface area (Å²) < 4.78 is 14.3. The van der Waals surface area contributed by atoms with Gasteiger partial charge >= 0.3 is 11.9 Å². The molecule has 0 unspecified atom stereocenters. The zero-order valence-corrected chi connectivity index (χ0v) is 7.44. The van der Waals surface area contributed by atoms with E-state index in [4.69, 9.17) is 9.15 Å². The van der Waals surface area contributed by atoms with Gasteiger partial charge in [-0.2, -0.15) is 0 Å². The molecule has 0 saturated heterocycles. The molecule has 0 aliphatic rings. The first-order chi connectivity index (χ1) is 6.27. The van der Waals surface area contributed by atoms with Gasteiger partial charge in [-0.1, -0.05) is 0 Å². The SMILES string of the molecule is CCOCc1nnc(C(=O)OC)o1. The maximum Gasteiger partial charge on any atom is 0.396 e. The summed E-state index contributed by atoms with van der Waals surface area (Å²) >= 11 is 0. The average Bonchev–Trinajstić information content (AvgIpc) is 2.62. The van der Waals surface area contributed by atoms with Gasteiger partial charge in [-0.05, 0) is 6.92 Å². The molecule has 0 aliphatic carbocycles. The molecule has 1 aromatic heterocycles. The Morgan fingerprint density at radius 2 is 2.31 bits per heavy atom. The lowest BCUT2D eigenvalue weighted by atomic mass is 10.7. The van der Waals surface area contributed by atoms with E-state index in [0.717, 1.165) is 0 Å². The van der Waals surface area contributed by atoms with E-state index in [0.29, 0.717) is 6.61 Å². The molecule has 0 aromatic carbocycles. The minimum atomic E-state index is -0.643. The molecule has 6 heteroatoms. The molecule has 0 saturated carbocycles. The number of carbonyl (C=O) groups excluding carboxylic acids is 1. The topological polar surface area (TPSA) is 74.5 Å². The molecule has 0 N–H and O–H groups in total. The monoisotopic (exact) mass is 186 g/mol. The summed E-state index contributed by atoms with van der Waals surface area (Å²) in [5.41, 5.74) is 0. The molecule has 0 fully saturated rings. The number of hydrogen-bond donors (Lipinski definition) is 0. The number of rotatable bonds is 4. The fourth-order valence-corrected chi connectivity index (χ4v) is 0.671. The highest BCUT2D eigenvalue weighted by Crippen LogP contribution is 2.02. The van der Waals surface area contributed by atoms with Crippen molar-refractivity contribution in [2.24, 2.45) is 0 Å². The van der Waals surface area contributed by atoms with E-state index < -0.39 is 5.97 Å². The van der Waals surface area contributed by atoms with Gasteiger partial charge in [-0.25, -0.2) is 4.79 Å². The van der Waals surface area contributed by atoms with Gasteiger partial charge in [0.05, 0.1) is 7.11 Å². The van der Waals surface area contributed by atoms with Gasteiger partial charge in [0.15, 0.2) is 0 Å². The van der Waals surface area contributed by atoms with Gasteiger partial charge in [0.2, 0.25) is 5.89 Å². The van der Waals surface area contributed by atoms with Crippen LogP contribution in [0.4, 0.5) is 0 Å². The fraction of sp³-hybridized carbons (Fsp3) is 0.571. The highest BCUT2D eigenvalue weighted by Gasteiger charge is 2.14. The van der Waals surface area contributed by atoms with Crippen molar-refractivity contribution in [1.82, 2.24) is 10.2 Å². The number of hydrogen-bond acceptors (Lipinski definition) is 6. The molecule has 6 nitrogen and oxygen atoms in total. The molecule has 0 amide bonds. The van der Waals surface area contributed by atoms with Crippen LogP contribution < -0.4 is 0 Å². The molecule has 72 valence electrons. The Bertz CT molecular complexity index is 284. The molecule has 0 atom stereocenters. The number of aromatic nitrogens is 2. The van der Waals surface area contributed by atoms with Crippen molar-refractivity contribution in [2.75, 3.05) is 13.7 Å². The molecular weight excluding hydrogens is 176 g/mol. The van der Waals surface area contributed by atoms with Crippen molar-refractivity contribution in [2.45, 2.75) is 13.5 Å². The normalized spacial score (nSPS) is 10.0. The first-order valence-corrected chi connectivity index (χ1v) is 3.76. The van der Waals surface area contributed by atoms with E-state index in [1.807, 2.05) is 6.92 Å². The predicted octanol–water partition coefficient (Wildman–Crippen LogP) is 0.393. The van der Waals surface area contributed by atoms with Crippen molar-refractivity contribution in [3.05, 3.63) is 11.8 Å². The standard InChI is InChI=1S/C7H10N2O4/c1-3-12-4-5-8-9-6(13-5)7(10)11-2/h3-4H2,1-2H3. The number of nitrogens with zero attached hydrogens (tertiary/aromatic N) is 2. The maximum absolute atomic E-state index is 10.8. The number of esters is 1. The quantitative estimate of drug-likeness (QED) is 0.633. The summed E-state index contributed by atoms with van der Waals surface area (Å²) in [7, 11) is 1.24. The predicted molar refractivity (Wildman–Crippen MR) is 41.0 cm³/mol. The third-order valence-corrected chi connectivity index (χ3v) is 1.26. The van der Waals surface area contributed by atoms with Crippen molar-refractivity contribution >= 4 is 5.97 Å². The lowest BCUT2D eigenvalue weighted by Gasteiger charge is -1.93. The summed E-state index contributed by atoms with van der Waals surface area (Å²) in [5, 5.41) is 7.05. The van der Waals surface area contributed by atoms with Crippen LogP contribution in [0.5, 0.6) is 0 Å². The van der Waals surface area contributed by atoms with E-state index in [-0.39, 0.29) is 18.4 Å². The molecular formula is C7H10N2O4. The lowest BCUT2D eigenvalue weighted by molar-refractivity contribution is 0.0545. The summed E-state index contributed by atoms with van der Waals surface area (Å²) in [4.78, 5) is 10.8. The fourth-order valence-electron chi connectivity index (χ4n) is 0.671. The van der Waals surface area contributed by atoms with Crippen LogP contribution in [0, 0.1) is 0 Å². The van der Waals surface area contributed by atoms with Crippen molar-refractivity contribution in [1.29, 1.82) is 0 Å². The summed E-state index contributed by atoms with van der Waals surface area (Å²) in [6, 6.07) is 0. The van der Waals surface area contributed by atoms with Gasteiger partial charge < -0.3 is 13.9 Å². The molecule has 1 heterocycles. The van der Waals surface area contributed by atoms with Crippen LogP contribution in [-0.4, -0.2) is 29.9 Å². The summed E-state index contributed by atoms with van der Waals surface area (Å²) in [5.74, 6) is -0.533. The van der Waals surface area contributed by atoms with Gasteiger partial charge in [0.1, 0.15) is 6.61 Å². The average molecular weight is 186 g/mol. The van der Waals surface area contributed by atoms with E-state index in [1.54, 1.807) is 0 Å². The Morgan fingerprint density at radius 3 is 2.92 bits per heavy atom. The number of carbonyl (C=O) groups is 1. The maximum atomic E-state index is 10.8. The zero-order chi connectivity index (χ0) is 9.68. The largest absolute Gasteiger partial charge is 0.462 e. The first kappa shape index (κ1) is 9.66. The second-order valence-electron chi connectivity index (χ2n) is 2.13. The highest BCUT2D eigenvalue weighted by atomic mass is 16.5. The van der Waals surface area contributed by atoms with Gasteiger partial charge in [-0.3, -0.25) is 0 Å². The minimum Gasteiger partial charge on any atom is -0.462 e. The van der Waals surface area contributed by atoms with Crippen molar-refractivity contribution in [3.8, 4) is 0 Å². The molecule has 0 radical (unpaired) electrons. The molecule has 1 rings (SSSR count). The second kappa shape index (κ2) is 4.56. The second-order valence-corrected chi connectivity index (χ2v) is 2.13. The molecule has 0 aliphatic heterocycles. The molecule has 13 heavy (non-hydrogen) atoms. The van der Waals surface area contributed by atoms with Gasteiger partial charge in [-0.15, -0.1) is 10.2 Å². The van der Waals surface area contributed by atoms with Crippen LogP contribution >= 0.6 is 0 Å². The zero-order valence-electron chi connectivity index (χ0n) is 7.44. The van der Waals surface area contributed by atoms with Crippen LogP contribution in [0.15, 0.2) is 4.42 Å². The minimum absolute atomic E-state index is 0.155. The number of ether oxygens (including phenoxy) is 2. The summed E-state index contributed by atoms with van der Waals surface area (Å²) in [6.45, 7) is 2.61. The third kappa shape index (κ3) is 2.51. The van der Waals surface area contributed by atoms with Gasteiger partial charge in [0, 0.05) is 6.61 Å². The van der Waals surface area contributed by atoms with Crippen LogP contribution in [0.25, 0.3) is 0 Å². The Balaban J connectivity index is 2.58. The van der Waals surface area contributed by atoms with E-state index in [9.17, 15) is 4.79 Å². The number of methoxy groups -OCH3 is 1. The van der Waals surface area contributed by atoms with Crippen LogP contribution in [0.2, 0.25) is 0 Å². The Hall–Kier alpha value is -1.43. The summed E-state index contributed by atoms with van der Waals surface area (Å²) in [6.07, 6.45) is 0. The van der Waals surface area contributed by atoms with Crippen LogP contribution in [0.1, 0.15) is 23.5 Å². The smallest absolute Gasteiger partial charge is 0.396 e. The van der Waals surface area contributed by atoms with E-state index in [1.165, 1.54) is 7.11 Å². The first-order valence-electron chi connectivity index (χ1n) is 3.76. The molecule has 0 bridgehead atoms. The van der Waals surface area contributed by atoms with Crippen LogP contribution in [0.3, 0.4) is 0 Å². The molecule has 0 spiro atoms. The van der Waals surface area contributed by atoms with Crippen LogP contribution in [-0.2, 0) is 16.1 Å². The Morgan fingerprint density at radius 1 is 1.54 bits per heavy atom. The lowest BCUT2D eigenvalue weighted by Crippen LogP contribution is -2.00. The van der Waals surface area contributed by atoms with Gasteiger partial charge in [0.25, 0.3) is 0 Å². The third-order valence-electron chi connectivity index (χ3n) is 1.26. The van der Waals surface area contributed by atoms with E-state index >= 15 is 0 Å².